The van der Waals surface area contributed by atoms with Gasteiger partial charge in [0.2, 0.25) is 17.7 Å². The molecule has 1 fully saturated rings. The quantitative estimate of drug-likeness (QED) is 0.342. The van der Waals surface area contributed by atoms with Gasteiger partial charge in [0.15, 0.2) is 5.69 Å². The first-order valence-corrected chi connectivity index (χ1v) is 12.0. The highest BCUT2D eigenvalue weighted by atomic mass is 35.5. The van der Waals surface area contributed by atoms with E-state index in [-0.39, 0.29) is 36.7 Å². The van der Waals surface area contributed by atoms with E-state index in [1.807, 2.05) is 0 Å². The van der Waals surface area contributed by atoms with Gasteiger partial charge in [0.25, 0.3) is 5.91 Å². The van der Waals surface area contributed by atoms with Gasteiger partial charge in [-0.05, 0) is 37.8 Å². The Labute approximate surface area is 209 Å². The molecule has 2 amide bonds. The van der Waals surface area contributed by atoms with Gasteiger partial charge in [-0.3, -0.25) is 9.59 Å². The minimum atomic E-state index is -4.80. The molecule has 4 rings (SSSR count). The first-order chi connectivity index (χ1) is 17.3. The Morgan fingerprint density at radius 3 is 2.39 bits per heavy atom. The van der Waals surface area contributed by atoms with Gasteiger partial charge in [-0.1, -0.05) is 18.2 Å². The number of amides is 2. The van der Waals surface area contributed by atoms with Crippen molar-refractivity contribution in [2.75, 3.05) is 13.1 Å². The van der Waals surface area contributed by atoms with Gasteiger partial charge in [0.05, 0.1) is 11.3 Å². The van der Waals surface area contributed by atoms with Crippen molar-refractivity contribution in [1.29, 1.82) is 0 Å². The standard InChI is InChI=1S/C23H24ClF3N6O3/c24-12-18-30-31-22(36-18)15-8-6-14(7-9-15)20(34)28-10-11-29-21(35)17-13-33(16-4-2-1-3-5-16)32-19(17)23(25,26)27/h1-5,13-15H,6-12H2,(H,28,34)(H,29,35)/t14-,15-. The highest BCUT2D eigenvalue weighted by molar-refractivity contribution is 6.16. The minimum Gasteiger partial charge on any atom is -0.424 e. The summed E-state index contributed by atoms with van der Waals surface area (Å²) in [5.74, 6) is -0.165. The van der Waals surface area contributed by atoms with Gasteiger partial charge < -0.3 is 15.1 Å². The molecule has 0 aliphatic heterocycles. The third-order valence-corrected chi connectivity index (χ3v) is 6.23. The Morgan fingerprint density at radius 2 is 1.75 bits per heavy atom. The van der Waals surface area contributed by atoms with Crippen molar-refractivity contribution in [3.8, 4) is 5.69 Å². The van der Waals surface area contributed by atoms with E-state index in [9.17, 15) is 22.8 Å². The molecule has 0 radical (unpaired) electrons. The van der Waals surface area contributed by atoms with Crippen molar-refractivity contribution >= 4 is 23.4 Å². The zero-order chi connectivity index (χ0) is 25.7. The lowest BCUT2D eigenvalue weighted by Crippen LogP contribution is -2.38. The second-order valence-corrected chi connectivity index (χ2v) is 8.70. The van der Waals surface area contributed by atoms with Crippen LogP contribution in [-0.2, 0) is 16.9 Å². The number of halogens is 4. The molecule has 0 spiro atoms. The summed E-state index contributed by atoms with van der Waals surface area (Å²) in [6.07, 6.45) is -1.06. The number of carbonyl (C=O) groups is 2. The van der Waals surface area contributed by atoms with Crippen LogP contribution in [0.5, 0.6) is 0 Å². The molecule has 1 aromatic carbocycles. The number of benzene rings is 1. The molecule has 1 aliphatic rings. The second kappa shape index (κ2) is 11.1. The van der Waals surface area contributed by atoms with Crippen LogP contribution in [0.2, 0.25) is 0 Å². The van der Waals surface area contributed by atoms with Gasteiger partial charge in [-0.25, -0.2) is 4.68 Å². The molecular weight excluding hydrogens is 501 g/mol. The third-order valence-electron chi connectivity index (χ3n) is 6.00. The van der Waals surface area contributed by atoms with Crippen LogP contribution in [0.25, 0.3) is 5.69 Å². The zero-order valence-corrected chi connectivity index (χ0v) is 19.8. The van der Waals surface area contributed by atoms with E-state index >= 15 is 0 Å². The van der Waals surface area contributed by atoms with Gasteiger partial charge in [-0.2, -0.15) is 18.3 Å². The number of carbonyl (C=O) groups excluding carboxylic acids is 2. The van der Waals surface area contributed by atoms with Crippen molar-refractivity contribution in [2.45, 2.75) is 43.7 Å². The minimum absolute atomic E-state index is 0.0308. The molecule has 0 atom stereocenters. The Balaban J connectivity index is 1.26. The van der Waals surface area contributed by atoms with E-state index in [0.717, 1.165) is 10.9 Å². The molecule has 2 heterocycles. The van der Waals surface area contributed by atoms with Gasteiger partial charge in [0, 0.05) is 31.1 Å². The molecule has 2 aromatic heterocycles. The highest BCUT2D eigenvalue weighted by Crippen LogP contribution is 2.35. The molecule has 0 unspecified atom stereocenters. The Kier molecular flexibility index (Phi) is 7.92. The maximum atomic E-state index is 13.5. The monoisotopic (exact) mass is 524 g/mol. The maximum Gasteiger partial charge on any atom is 0.435 e. The molecular formula is C23H24ClF3N6O3. The summed E-state index contributed by atoms with van der Waals surface area (Å²) >= 11 is 5.68. The smallest absolute Gasteiger partial charge is 0.424 e. The molecule has 1 aliphatic carbocycles. The summed E-state index contributed by atoms with van der Waals surface area (Å²) in [5.41, 5.74) is -1.47. The molecule has 0 bridgehead atoms. The van der Waals surface area contributed by atoms with E-state index in [4.69, 9.17) is 16.0 Å². The molecule has 2 N–H and O–H groups in total. The van der Waals surface area contributed by atoms with Gasteiger partial charge >= 0.3 is 6.18 Å². The van der Waals surface area contributed by atoms with Crippen LogP contribution in [0.15, 0.2) is 40.9 Å². The average molecular weight is 525 g/mol. The maximum absolute atomic E-state index is 13.5. The summed E-state index contributed by atoms with van der Waals surface area (Å²) < 4.78 is 46.9. The summed E-state index contributed by atoms with van der Waals surface area (Å²) in [7, 11) is 0. The van der Waals surface area contributed by atoms with Crippen molar-refractivity contribution < 1.29 is 27.2 Å². The van der Waals surface area contributed by atoms with Crippen LogP contribution in [-0.4, -0.2) is 44.9 Å². The van der Waals surface area contributed by atoms with E-state index in [1.54, 1.807) is 30.3 Å². The molecule has 3 aromatic rings. The van der Waals surface area contributed by atoms with Crippen molar-refractivity contribution in [3.05, 3.63) is 59.6 Å². The number of para-hydroxylation sites is 1. The lowest BCUT2D eigenvalue weighted by atomic mass is 9.81. The zero-order valence-electron chi connectivity index (χ0n) is 19.1. The predicted octanol–water partition coefficient (Wildman–Crippen LogP) is 3.83. The average Bonchev–Trinajstić information content (AvgIpc) is 3.55. The van der Waals surface area contributed by atoms with Crippen LogP contribution in [0.1, 0.15) is 59.4 Å². The normalized spacial score (nSPS) is 18.1. The first-order valence-electron chi connectivity index (χ1n) is 11.4. The van der Waals surface area contributed by atoms with E-state index in [2.05, 4.69) is 25.9 Å². The Hall–Kier alpha value is -3.41. The van der Waals surface area contributed by atoms with Crippen LogP contribution in [0, 0.1) is 5.92 Å². The predicted molar refractivity (Wildman–Crippen MR) is 122 cm³/mol. The summed E-state index contributed by atoms with van der Waals surface area (Å²) in [4.78, 5) is 25.0. The number of nitrogens with one attached hydrogen (secondary N) is 2. The largest absolute Gasteiger partial charge is 0.435 e. The number of nitrogens with zero attached hydrogens (tertiary/aromatic N) is 4. The van der Waals surface area contributed by atoms with Crippen LogP contribution >= 0.6 is 11.6 Å². The SMILES string of the molecule is O=C(NCCNC(=O)[C@H]1CC[C@H](c2nnc(CCl)o2)CC1)c1cn(-c2ccccc2)nc1C(F)(F)F. The summed E-state index contributed by atoms with van der Waals surface area (Å²) in [5, 5.41) is 16.6. The molecule has 13 heteroatoms. The molecule has 192 valence electrons. The van der Waals surface area contributed by atoms with Crippen molar-refractivity contribution in [2.24, 2.45) is 5.92 Å². The summed E-state index contributed by atoms with van der Waals surface area (Å²) in [6.45, 7) is 0.0539. The molecule has 0 saturated heterocycles. The van der Waals surface area contributed by atoms with Gasteiger partial charge in [0.1, 0.15) is 5.88 Å². The fourth-order valence-electron chi connectivity index (χ4n) is 4.15. The molecule has 1 saturated carbocycles. The van der Waals surface area contributed by atoms with Crippen LogP contribution < -0.4 is 10.6 Å². The van der Waals surface area contributed by atoms with Crippen molar-refractivity contribution in [1.82, 2.24) is 30.6 Å². The van der Waals surface area contributed by atoms with E-state index < -0.39 is 23.3 Å². The van der Waals surface area contributed by atoms with Crippen LogP contribution in [0.3, 0.4) is 0 Å². The fourth-order valence-corrected chi connectivity index (χ4v) is 4.26. The highest BCUT2D eigenvalue weighted by Gasteiger charge is 2.39. The molecule has 9 nitrogen and oxygen atoms in total. The number of aromatic nitrogens is 4. The summed E-state index contributed by atoms with van der Waals surface area (Å²) in [6, 6.07) is 8.19. The fraction of sp³-hybridized carbons (Fsp3) is 0.435. The Morgan fingerprint density at radius 1 is 1.06 bits per heavy atom. The Bertz CT molecular complexity index is 1190. The molecule has 36 heavy (non-hydrogen) atoms. The number of rotatable bonds is 8. The number of alkyl halides is 4. The van der Waals surface area contributed by atoms with E-state index in [0.29, 0.717) is 43.2 Å². The topological polar surface area (TPSA) is 115 Å². The lowest BCUT2D eigenvalue weighted by molar-refractivity contribution is -0.141. The number of hydrogen-bond donors (Lipinski definition) is 2. The van der Waals surface area contributed by atoms with Gasteiger partial charge in [-0.15, -0.1) is 21.8 Å². The number of hydrogen-bond acceptors (Lipinski definition) is 6. The first kappa shape index (κ1) is 25.7. The van der Waals surface area contributed by atoms with Crippen LogP contribution in [0.4, 0.5) is 13.2 Å². The van der Waals surface area contributed by atoms with Crippen molar-refractivity contribution in [3.63, 3.8) is 0 Å². The lowest BCUT2D eigenvalue weighted by Gasteiger charge is -2.25. The van der Waals surface area contributed by atoms with E-state index in [1.165, 1.54) is 0 Å². The second-order valence-electron chi connectivity index (χ2n) is 8.43. The third kappa shape index (κ3) is 6.04.